The van der Waals surface area contributed by atoms with E-state index in [9.17, 15) is 0 Å². The topological polar surface area (TPSA) is 48.9 Å². The molecule has 0 radical (unpaired) electrons. The maximum atomic E-state index is 5.04. The minimum Gasteiger partial charge on any atom is -0.385 e. The molecule has 1 aliphatic heterocycles. The van der Waals surface area contributed by atoms with Crippen molar-refractivity contribution in [1.82, 2.24) is 15.5 Å². The minimum absolute atomic E-state index is 0.774. The summed E-state index contributed by atoms with van der Waals surface area (Å²) in [5.41, 5.74) is 0. The summed E-state index contributed by atoms with van der Waals surface area (Å²) in [6.07, 6.45) is 6.47. The van der Waals surface area contributed by atoms with Crippen molar-refractivity contribution in [2.24, 2.45) is 4.99 Å². The molecule has 5 heteroatoms. The van der Waals surface area contributed by atoms with Crippen molar-refractivity contribution in [2.75, 3.05) is 53.0 Å². The Morgan fingerprint density at radius 3 is 2.55 bits per heavy atom. The second-order valence-corrected chi connectivity index (χ2v) is 5.29. The Bertz CT molecular complexity index is 250. The van der Waals surface area contributed by atoms with Crippen LogP contribution in [0.2, 0.25) is 0 Å². The Balaban J connectivity index is 2.19. The molecule has 1 rings (SSSR count). The summed E-state index contributed by atoms with van der Waals surface area (Å²) in [6.45, 7) is 9.18. The van der Waals surface area contributed by atoms with Crippen LogP contribution in [0.15, 0.2) is 4.99 Å². The monoisotopic (exact) mass is 284 g/mol. The third-order valence-corrected chi connectivity index (χ3v) is 3.54. The largest absolute Gasteiger partial charge is 0.385 e. The number of likely N-dealkylation sites (tertiary alicyclic amines) is 1. The summed E-state index contributed by atoms with van der Waals surface area (Å²) < 4.78 is 5.04. The molecule has 0 saturated carbocycles. The van der Waals surface area contributed by atoms with E-state index in [0.29, 0.717) is 0 Å². The number of aliphatic imine (C=N–C) groups is 1. The van der Waals surface area contributed by atoms with Crippen molar-refractivity contribution in [1.29, 1.82) is 0 Å². The summed E-state index contributed by atoms with van der Waals surface area (Å²) in [5, 5.41) is 6.71. The Kier molecular flexibility index (Phi) is 10.3. The molecule has 1 saturated heterocycles. The molecule has 0 aromatic rings. The molecule has 1 aliphatic rings. The summed E-state index contributed by atoms with van der Waals surface area (Å²) in [5.74, 6) is 0.929. The lowest BCUT2D eigenvalue weighted by atomic mass is 10.2. The van der Waals surface area contributed by atoms with Crippen LogP contribution in [-0.4, -0.2) is 63.8 Å². The first-order valence-corrected chi connectivity index (χ1v) is 8.10. The van der Waals surface area contributed by atoms with Gasteiger partial charge in [-0.1, -0.05) is 12.8 Å². The SMILES string of the molecule is CCNC(=NCCCOC)NCCN1CCCCCC1. The zero-order chi connectivity index (χ0) is 14.5. The highest BCUT2D eigenvalue weighted by atomic mass is 16.5. The fourth-order valence-electron chi connectivity index (χ4n) is 2.43. The highest BCUT2D eigenvalue weighted by molar-refractivity contribution is 5.79. The maximum absolute atomic E-state index is 5.04. The fraction of sp³-hybridized carbons (Fsp3) is 0.933. The van der Waals surface area contributed by atoms with Gasteiger partial charge in [-0.05, 0) is 39.3 Å². The van der Waals surface area contributed by atoms with E-state index in [1.54, 1.807) is 7.11 Å². The third-order valence-electron chi connectivity index (χ3n) is 3.54. The van der Waals surface area contributed by atoms with Crippen molar-refractivity contribution >= 4 is 5.96 Å². The van der Waals surface area contributed by atoms with Crippen LogP contribution in [0.4, 0.5) is 0 Å². The average molecular weight is 284 g/mol. The molecule has 1 heterocycles. The molecule has 0 bridgehead atoms. The minimum atomic E-state index is 0.774. The summed E-state index contributed by atoms with van der Waals surface area (Å²) in [7, 11) is 1.73. The lowest BCUT2D eigenvalue weighted by Gasteiger charge is -2.20. The molecule has 5 nitrogen and oxygen atoms in total. The molecule has 2 N–H and O–H groups in total. The van der Waals surface area contributed by atoms with E-state index in [1.165, 1.54) is 38.8 Å². The molecule has 0 aromatic heterocycles. The number of ether oxygens (including phenoxy) is 1. The van der Waals surface area contributed by atoms with Crippen molar-refractivity contribution in [2.45, 2.75) is 39.0 Å². The standard InChI is InChI=1S/C15H32N4O/c1-3-16-15(17-9-8-14-20-2)18-10-13-19-11-6-4-5-7-12-19/h3-14H2,1-2H3,(H2,16,17,18). The summed E-state index contributed by atoms with van der Waals surface area (Å²) in [6, 6.07) is 0. The van der Waals surface area contributed by atoms with E-state index < -0.39 is 0 Å². The zero-order valence-corrected chi connectivity index (χ0v) is 13.3. The maximum Gasteiger partial charge on any atom is 0.191 e. The first-order valence-electron chi connectivity index (χ1n) is 8.10. The van der Waals surface area contributed by atoms with Crippen LogP contribution >= 0.6 is 0 Å². The zero-order valence-electron chi connectivity index (χ0n) is 13.3. The van der Waals surface area contributed by atoms with Gasteiger partial charge >= 0.3 is 0 Å². The Morgan fingerprint density at radius 2 is 1.90 bits per heavy atom. The van der Waals surface area contributed by atoms with E-state index in [2.05, 4.69) is 27.4 Å². The van der Waals surface area contributed by atoms with Gasteiger partial charge in [0.2, 0.25) is 0 Å². The Hall–Kier alpha value is -0.810. The van der Waals surface area contributed by atoms with Gasteiger partial charge in [0.05, 0.1) is 0 Å². The molecular weight excluding hydrogens is 252 g/mol. The highest BCUT2D eigenvalue weighted by Crippen LogP contribution is 2.08. The summed E-state index contributed by atoms with van der Waals surface area (Å²) in [4.78, 5) is 7.11. The van der Waals surface area contributed by atoms with Crippen LogP contribution < -0.4 is 10.6 Å². The van der Waals surface area contributed by atoms with Gasteiger partial charge in [-0.25, -0.2) is 0 Å². The molecule has 0 spiro atoms. The van der Waals surface area contributed by atoms with Crippen LogP contribution in [-0.2, 0) is 4.74 Å². The number of nitrogens with one attached hydrogen (secondary N) is 2. The average Bonchev–Trinajstić information content (AvgIpc) is 2.72. The number of guanidine groups is 1. The van der Waals surface area contributed by atoms with Crippen LogP contribution in [0, 0.1) is 0 Å². The molecule has 118 valence electrons. The van der Waals surface area contributed by atoms with Crippen molar-refractivity contribution in [3.63, 3.8) is 0 Å². The molecule has 0 aliphatic carbocycles. The van der Waals surface area contributed by atoms with Crippen molar-refractivity contribution in [3.05, 3.63) is 0 Å². The normalized spacial score (nSPS) is 17.8. The number of hydrogen-bond acceptors (Lipinski definition) is 3. The summed E-state index contributed by atoms with van der Waals surface area (Å²) >= 11 is 0. The fourth-order valence-corrected chi connectivity index (χ4v) is 2.43. The molecule has 0 amide bonds. The third kappa shape index (κ3) is 8.38. The quantitative estimate of drug-likeness (QED) is 0.402. The van der Waals surface area contributed by atoms with Crippen LogP contribution in [0.25, 0.3) is 0 Å². The second kappa shape index (κ2) is 12.0. The second-order valence-electron chi connectivity index (χ2n) is 5.29. The van der Waals surface area contributed by atoms with Gasteiger partial charge in [-0.15, -0.1) is 0 Å². The smallest absolute Gasteiger partial charge is 0.191 e. The number of nitrogens with zero attached hydrogens (tertiary/aromatic N) is 2. The van der Waals surface area contributed by atoms with Crippen LogP contribution in [0.1, 0.15) is 39.0 Å². The predicted octanol–water partition coefficient (Wildman–Crippen LogP) is 1.45. The van der Waals surface area contributed by atoms with Gasteiger partial charge in [0.1, 0.15) is 0 Å². The van der Waals surface area contributed by atoms with Gasteiger partial charge < -0.3 is 20.3 Å². The first kappa shape index (κ1) is 17.2. The predicted molar refractivity (Wildman–Crippen MR) is 85.4 cm³/mol. The number of hydrogen-bond donors (Lipinski definition) is 2. The van der Waals surface area contributed by atoms with Crippen LogP contribution in [0.3, 0.4) is 0 Å². The molecular formula is C15H32N4O. The number of methoxy groups -OCH3 is 1. The van der Waals surface area contributed by atoms with Crippen molar-refractivity contribution in [3.8, 4) is 0 Å². The number of rotatable bonds is 8. The molecule has 0 aromatic carbocycles. The van der Waals surface area contributed by atoms with Crippen molar-refractivity contribution < 1.29 is 4.74 Å². The molecule has 20 heavy (non-hydrogen) atoms. The van der Waals surface area contributed by atoms with Gasteiger partial charge in [0, 0.05) is 39.9 Å². The lowest BCUT2D eigenvalue weighted by molar-refractivity contribution is 0.197. The van der Waals surface area contributed by atoms with E-state index in [0.717, 1.165) is 45.2 Å². The van der Waals surface area contributed by atoms with Crippen LogP contribution in [0.5, 0.6) is 0 Å². The van der Waals surface area contributed by atoms with Gasteiger partial charge in [-0.2, -0.15) is 0 Å². The highest BCUT2D eigenvalue weighted by Gasteiger charge is 2.08. The van der Waals surface area contributed by atoms with Gasteiger partial charge in [-0.3, -0.25) is 4.99 Å². The van der Waals surface area contributed by atoms with E-state index in [-0.39, 0.29) is 0 Å². The van der Waals surface area contributed by atoms with E-state index in [4.69, 9.17) is 4.74 Å². The Morgan fingerprint density at radius 1 is 1.15 bits per heavy atom. The van der Waals surface area contributed by atoms with Gasteiger partial charge in [0.25, 0.3) is 0 Å². The molecule has 0 unspecified atom stereocenters. The van der Waals surface area contributed by atoms with Gasteiger partial charge in [0.15, 0.2) is 5.96 Å². The lowest BCUT2D eigenvalue weighted by Crippen LogP contribution is -2.42. The van der Waals surface area contributed by atoms with E-state index >= 15 is 0 Å². The van der Waals surface area contributed by atoms with E-state index in [1.807, 2.05) is 0 Å². The first-order chi connectivity index (χ1) is 9.86. The molecule has 0 atom stereocenters. The Labute approximate surface area is 124 Å². The molecule has 1 fully saturated rings.